The van der Waals surface area contributed by atoms with E-state index in [1.54, 1.807) is 0 Å². The molecule has 3 aromatic carbocycles. The molecule has 0 amide bonds. The smallest absolute Gasteiger partial charge is 0.485 e. The number of benzene rings is 3. The molecule has 0 saturated carbocycles. The fourth-order valence-electron chi connectivity index (χ4n) is 2.96. The second kappa shape index (κ2) is 11.3. The predicted octanol–water partition coefficient (Wildman–Crippen LogP) is 5.92. The molecule has 0 aliphatic heterocycles. The first kappa shape index (κ1) is 28.4. The second-order valence-corrected chi connectivity index (χ2v) is 11.6. The van der Waals surface area contributed by atoms with E-state index in [1.165, 1.54) is 22.5 Å². The number of esters is 1. The maximum Gasteiger partial charge on any atom is 0.485 e. The molecule has 5 nitrogen and oxygen atoms in total. The van der Waals surface area contributed by atoms with Gasteiger partial charge >= 0.3 is 11.5 Å². The van der Waals surface area contributed by atoms with Crippen LogP contribution < -0.4 is 0 Å². The number of rotatable bonds is 4. The summed E-state index contributed by atoms with van der Waals surface area (Å²) in [6.07, 6.45) is 0. The van der Waals surface area contributed by atoms with E-state index in [9.17, 15) is 18.0 Å². The van der Waals surface area contributed by atoms with Gasteiger partial charge in [-0.05, 0) is 47.4 Å². The Hall–Kier alpha value is -2.82. The van der Waals surface area contributed by atoms with Crippen molar-refractivity contribution in [1.82, 2.24) is 0 Å². The molecule has 10 heteroatoms. The number of hydrogen-bond acceptors (Lipinski definition) is 5. The zero-order chi connectivity index (χ0) is 26.4. The van der Waals surface area contributed by atoms with Gasteiger partial charge in [-0.15, -0.1) is 0 Å². The van der Waals surface area contributed by atoms with E-state index in [1.807, 2.05) is 42.5 Å². The molecule has 0 heterocycles. The maximum atomic E-state index is 12.4. The lowest BCUT2D eigenvalue weighted by molar-refractivity contribution is -0.0517. The van der Waals surface area contributed by atoms with Gasteiger partial charge in [-0.2, -0.15) is 13.2 Å². The molecule has 0 bridgehead atoms. The van der Waals surface area contributed by atoms with Crippen LogP contribution in [0.1, 0.15) is 36.7 Å². The number of hydrogen-bond donors (Lipinski definition) is 0. The molecule has 1 unspecified atom stereocenters. The van der Waals surface area contributed by atoms with E-state index in [2.05, 4.69) is 57.2 Å². The van der Waals surface area contributed by atoms with Crippen molar-refractivity contribution in [1.29, 1.82) is 0 Å². The molecule has 0 aliphatic rings. The Kier molecular flexibility index (Phi) is 9.16. The summed E-state index contributed by atoms with van der Waals surface area (Å²) in [5, 5.41) is 0. The predicted molar refractivity (Wildman–Crippen MR) is 127 cm³/mol. The number of carbonyl (C=O) groups excluding carboxylic acids is 1. The highest BCUT2D eigenvalue weighted by atomic mass is 32.2. The first-order valence-electron chi connectivity index (χ1n) is 10.3. The molecular weight excluding hydrogens is 501 g/mol. The van der Waals surface area contributed by atoms with Gasteiger partial charge in [0.25, 0.3) is 0 Å². The summed E-state index contributed by atoms with van der Waals surface area (Å²) in [6, 6.07) is 26.8. The third-order valence-electron chi connectivity index (χ3n) is 4.73. The summed E-state index contributed by atoms with van der Waals surface area (Å²) in [4.78, 5) is 15.7. The molecule has 0 spiro atoms. The van der Waals surface area contributed by atoms with Crippen molar-refractivity contribution >= 4 is 27.0 Å². The van der Waals surface area contributed by atoms with Gasteiger partial charge in [-0.3, -0.25) is 0 Å². The minimum Gasteiger partial charge on any atom is -0.741 e. The van der Waals surface area contributed by atoms with E-state index >= 15 is 0 Å². The van der Waals surface area contributed by atoms with E-state index in [0.29, 0.717) is 5.56 Å². The van der Waals surface area contributed by atoms with Crippen LogP contribution in [0.4, 0.5) is 13.2 Å². The van der Waals surface area contributed by atoms with Crippen molar-refractivity contribution in [3.8, 4) is 0 Å². The fraction of sp³-hybridized carbons (Fsp3) is 0.240. The van der Waals surface area contributed by atoms with Crippen molar-refractivity contribution < 1.29 is 35.7 Å². The second-order valence-electron chi connectivity index (χ2n) is 8.28. The molecule has 188 valence electrons. The molecule has 0 radical (unpaired) electrons. The summed E-state index contributed by atoms with van der Waals surface area (Å²) < 4.78 is 63.9. The Morgan fingerprint density at radius 3 is 1.74 bits per heavy atom. The zero-order valence-corrected chi connectivity index (χ0v) is 21.1. The lowest BCUT2D eigenvalue weighted by Crippen LogP contribution is -2.21. The van der Waals surface area contributed by atoms with E-state index < -0.39 is 15.6 Å². The lowest BCUT2D eigenvalue weighted by atomic mass is 9.87. The van der Waals surface area contributed by atoms with Crippen LogP contribution in [0.3, 0.4) is 0 Å². The Labute approximate surface area is 206 Å². The quantitative estimate of drug-likeness (QED) is 0.182. The van der Waals surface area contributed by atoms with Gasteiger partial charge in [0.2, 0.25) is 0 Å². The SMILES string of the molecule is COC(=O)c1ccccc1[S+](c1ccccc1)c1ccc(C(C)(C)C)cc1.O=S(=O)([O-])C(F)(F)F. The average molecular weight is 527 g/mol. The molecule has 0 saturated heterocycles. The highest BCUT2D eigenvalue weighted by Gasteiger charge is 2.37. The minimum absolute atomic E-state index is 0.105. The summed E-state index contributed by atoms with van der Waals surface area (Å²) in [6.45, 7) is 6.64. The van der Waals surface area contributed by atoms with Gasteiger partial charge in [-0.25, -0.2) is 13.2 Å². The Balaban J connectivity index is 0.000000466. The molecule has 35 heavy (non-hydrogen) atoms. The van der Waals surface area contributed by atoms with Crippen molar-refractivity contribution in [2.75, 3.05) is 7.11 Å². The standard InChI is InChI=1S/C24H25O2S.CHF3O3S/c1-24(2,3)18-14-16-20(17-15-18)27(19-10-6-5-7-11-19)22-13-9-8-12-21(22)23(25)26-4;2-1(3,4)8(5,6)7/h5-17H,1-4H3;(H,5,6,7)/q+1;/p-1. The van der Waals surface area contributed by atoms with Gasteiger partial charge in [0, 0.05) is 0 Å². The first-order valence-corrected chi connectivity index (χ1v) is 12.9. The molecule has 0 fully saturated rings. The molecular formula is C25H25F3O5S2. The zero-order valence-electron chi connectivity index (χ0n) is 19.5. The van der Waals surface area contributed by atoms with Crippen LogP contribution in [-0.4, -0.2) is 31.6 Å². The number of halogens is 3. The van der Waals surface area contributed by atoms with E-state index in [4.69, 9.17) is 17.7 Å². The lowest BCUT2D eigenvalue weighted by Gasteiger charge is -2.19. The van der Waals surface area contributed by atoms with Crippen molar-refractivity contribution in [2.45, 2.75) is 46.4 Å². The number of alkyl halides is 3. The fourth-order valence-corrected chi connectivity index (χ4v) is 5.16. The van der Waals surface area contributed by atoms with Gasteiger partial charge in [0.05, 0.1) is 7.11 Å². The molecule has 0 aromatic heterocycles. The molecule has 3 rings (SSSR count). The highest BCUT2D eigenvalue weighted by Crippen LogP contribution is 2.34. The number of carbonyl (C=O) groups is 1. The Morgan fingerprint density at radius 2 is 1.29 bits per heavy atom. The molecule has 0 aliphatic carbocycles. The summed E-state index contributed by atoms with van der Waals surface area (Å²) in [5.74, 6) is -0.301. The topological polar surface area (TPSA) is 83.5 Å². The monoisotopic (exact) mass is 526 g/mol. The highest BCUT2D eigenvalue weighted by molar-refractivity contribution is 7.97. The van der Waals surface area contributed by atoms with E-state index in [0.717, 1.165) is 4.90 Å². The first-order chi connectivity index (χ1) is 16.2. The van der Waals surface area contributed by atoms with Gasteiger partial charge in [-0.1, -0.05) is 63.2 Å². The largest absolute Gasteiger partial charge is 0.741 e. The summed E-state index contributed by atoms with van der Waals surface area (Å²) in [5.41, 5.74) is -3.63. The van der Waals surface area contributed by atoms with Crippen LogP contribution in [0.2, 0.25) is 0 Å². The summed E-state index contributed by atoms with van der Waals surface area (Å²) >= 11 is 0. The third kappa shape index (κ3) is 7.58. The van der Waals surface area contributed by atoms with Crippen LogP contribution in [0, 0.1) is 0 Å². The van der Waals surface area contributed by atoms with E-state index in [-0.39, 0.29) is 22.3 Å². The minimum atomic E-state index is -6.09. The Bertz CT molecular complexity index is 1230. The average Bonchev–Trinajstić information content (AvgIpc) is 2.79. The third-order valence-corrected chi connectivity index (χ3v) is 7.58. The van der Waals surface area contributed by atoms with Crippen LogP contribution in [0.25, 0.3) is 0 Å². The van der Waals surface area contributed by atoms with Gasteiger partial charge < -0.3 is 9.29 Å². The Morgan fingerprint density at radius 1 is 0.829 bits per heavy atom. The van der Waals surface area contributed by atoms with Gasteiger partial charge in [0.15, 0.2) is 24.8 Å². The van der Waals surface area contributed by atoms with Crippen LogP contribution in [-0.2, 0) is 31.2 Å². The normalized spacial score (nSPS) is 12.8. The van der Waals surface area contributed by atoms with Crippen LogP contribution >= 0.6 is 0 Å². The van der Waals surface area contributed by atoms with Crippen LogP contribution in [0.15, 0.2) is 93.5 Å². The molecule has 1 atom stereocenters. The molecule has 0 N–H and O–H groups in total. The summed E-state index contributed by atoms with van der Waals surface area (Å²) in [7, 11) is -5.05. The van der Waals surface area contributed by atoms with Crippen molar-refractivity contribution in [3.63, 3.8) is 0 Å². The van der Waals surface area contributed by atoms with Gasteiger partial charge in [0.1, 0.15) is 16.5 Å². The number of methoxy groups -OCH3 is 1. The number of ether oxygens (including phenoxy) is 1. The van der Waals surface area contributed by atoms with Crippen molar-refractivity contribution in [3.05, 3.63) is 90.0 Å². The maximum absolute atomic E-state index is 12.4. The van der Waals surface area contributed by atoms with Crippen molar-refractivity contribution in [2.24, 2.45) is 0 Å². The van der Waals surface area contributed by atoms with Crippen LogP contribution in [0.5, 0.6) is 0 Å². The molecule has 3 aromatic rings.